The van der Waals surface area contributed by atoms with E-state index in [2.05, 4.69) is 41.0 Å². The Morgan fingerprint density at radius 1 is 1.35 bits per heavy atom. The van der Waals surface area contributed by atoms with E-state index in [1.807, 2.05) is 12.1 Å². The Morgan fingerprint density at radius 2 is 2.17 bits per heavy atom. The summed E-state index contributed by atoms with van der Waals surface area (Å²) < 4.78 is 5.35. The molecule has 1 aromatic carbocycles. The van der Waals surface area contributed by atoms with Gasteiger partial charge in [-0.05, 0) is 43.4 Å². The average molecular weight is 334 g/mol. The molecule has 3 rings (SSSR count). The predicted molar refractivity (Wildman–Crippen MR) is 91.4 cm³/mol. The summed E-state index contributed by atoms with van der Waals surface area (Å²) in [4.78, 5) is 6.98. The maximum absolute atomic E-state index is 6.30. The van der Waals surface area contributed by atoms with E-state index in [4.69, 9.17) is 16.1 Å². The van der Waals surface area contributed by atoms with Crippen LogP contribution in [0.5, 0.6) is 0 Å². The molecule has 124 valence electrons. The standard InChI is InChI=1S/C18H24ClN3O/c1-13(2)10-18-20-17(21-23-18)12-22-9-5-7-15(22)11-14-6-3-4-8-16(14)19/h3-4,6,8,13,15H,5,7,9-12H2,1-2H3/t15-/m1/s1. The van der Waals surface area contributed by atoms with Crippen LogP contribution in [-0.4, -0.2) is 27.6 Å². The molecule has 0 spiro atoms. The summed E-state index contributed by atoms with van der Waals surface area (Å²) in [6.07, 6.45) is 4.24. The lowest BCUT2D eigenvalue weighted by atomic mass is 10.0. The van der Waals surface area contributed by atoms with Crippen LogP contribution in [-0.2, 0) is 19.4 Å². The Kier molecular flexibility index (Phi) is 5.34. The van der Waals surface area contributed by atoms with Crippen molar-refractivity contribution >= 4 is 11.6 Å². The lowest BCUT2D eigenvalue weighted by Gasteiger charge is -2.23. The lowest BCUT2D eigenvalue weighted by molar-refractivity contribution is 0.234. The molecule has 0 amide bonds. The Balaban J connectivity index is 1.63. The summed E-state index contributed by atoms with van der Waals surface area (Å²) in [7, 11) is 0. The largest absolute Gasteiger partial charge is 0.339 e. The van der Waals surface area contributed by atoms with Gasteiger partial charge in [-0.3, -0.25) is 4.90 Å². The van der Waals surface area contributed by atoms with Crippen molar-refractivity contribution in [2.45, 2.75) is 52.1 Å². The van der Waals surface area contributed by atoms with Gasteiger partial charge in [0.1, 0.15) is 0 Å². The summed E-state index contributed by atoms with van der Waals surface area (Å²) in [5.74, 6) is 2.08. The van der Waals surface area contributed by atoms with Gasteiger partial charge in [0.25, 0.3) is 0 Å². The molecule has 2 aromatic rings. The highest BCUT2D eigenvalue weighted by molar-refractivity contribution is 6.31. The summed E-state index contributed by atoms with van der Waals surface area (Å²) in [5, 5.41) is 5.00. The third-order valence-electron chi connectivity index (χ3n) is 4.35. The fourth-order valence-corrected chi connectivity index (χ4v) is 3.43. The molecular weight excluding hydrogens is 310 g/mol. The molecule has 0 unspecified atom stereocenters. The topological polar surface area (TPSA) is 42.2 Å². The van der Waals surface area contributed by atoms with Gasteiger partial charge in [-0.25, -0.2) is 0 Å². The van der Waals surface area contributed by atoms with Gasteiger partial charge in [0.2, 0.25) is 5.89 Å². The van der Waals surface area contributed by atoms with Crippen molar-refractivity contribution in [3.8, 4) is 0 Å². The van der Waals surface area contributed by atoms with E-state index in [1.165, 1.54) is 18.4 Å². The number of halogens is 1. The van der Waals surface area contributed by atoms with Crippen molar-refractivity contribution in [3.05, 3.63) is 46.6 Å². The van der Waals surface area contributed by atoms with Crippen molar-refractivity contribution in [3.63, 3.8) is 0 Å². The van der Waals surface area contributed by atoms with Gasteiger partial charge in [0.15, 0.2) is 5.82 Å². The maximum atomic E-state index is 6.30. The zero-order chi connectivity index (χ0) is 16.2. The molecule has 1 aromatic heterocycles. The second-order valence-corrected chi connectivity index (χ2v) is 7.17. The molecule has 4 nitrogen and oxygen atoms in total. The smallest absolute Gasteiger partial charge is 0.226 e. The minimum atomic E-state index is 0.502. The van der Waals surface area contributed by atoms with Crippen molar-refractivity contribution in [2.75, 3.05) is 6.54 Å². The van der Waals surface area contributed by atoms with Crippen molar-refractivity contribution < 1.29 is 4.52 Å². The summed E-state index contributed by atoms with van der Waals surface area (Å²) in [5.41, 5.74) is 1.22. The van der Waals surface area contributed by atoms with Crippen molar-refractivity contribution in [2.24, 2.45) is 5.92 Å². The zero-order valence-corrected chi connectivity index (χ0v) is 14.6. The van der Waals surface area contributed by atoms with Gasteiger partial charge in [0.05, 0.1) is 6.54 Å². The summed E-state index contributed by atoms with van der Waals surface area (Å²) in [6.45, 7) is 6.16. The van der Waals surface area contributed by atoms with E-state index in [9.17, 15) is 0 Å². The van der Waals surface area contributed by atoms with Crippen LogP contribution in [0, 0.1) is 5.92 Å². The fraction of sp³-hybridized carbons (Fsp3) is 0.556. The van der Waals surface area contributed by atoms with E-state index in [1.54, 1.807) is 0 Å². The highest BCUT2D eigenvalue weighted by Gasteiger charge is 2.26. The monoisotopic (exact) mass is 333 g/mol. The van der Waals surface area contributed by atoms with E-state index in [-0.39, 0.29) is 0 Å². The Morgan fingerprint density at radius 3 is 2.96 bits per heavy atom. The third-order valence-corrected chi connectivity index (χ3v) is 4.72. The van der Waals surface area contributed by atoms with Gasteiger partial charge < -0.3 is 4.52 Å². The second kappa shape index (κ2) is 7.45. The van der Waals surface area contributed by atoms with Crippen LogP contribution < -0.4 is 0 Å². The van der Waals surface area contributed by atoms with Crippen LogP contribution >= 0.6 is 11.6 Å². The maximum Gasteiger partial charge on any atom is 0.226 e. The Labute approximate surface area is 142 Å². The number of nitrogens with zero attached hydrogens (tertiary/aromatic N) is 3. The second-order valence-electron chi connectivity index (χ2n) is 6.76. The summed E-state index contributed by atoms with van der Waals surface area (Å²) in [6, 6.07) is 8.62. The van der Waals surface area contributed by atoms with Crippen LogP contribution in [0.15, 0.2) is 28.8 Å². The third kappa shape index (κ3) is 4.33. The number of benzene rings is 1. The van der Waals surface area contributed by atoms with Crippen LogP contribution in [0.3, 0.4) is 0 Å². The van der Waals surface area contributed by atoms with Crippen LogP contribution in [0.4, 0.5) is 0 Å². The highest BCUT2D eigenvalue weighted by Crippen LogP contribution is 2.25. The van der Waals surface area contributed by atoms with E-state index in [0.29, 0.717) is 12.0 Å². The van der Waals surface area contributed by atoms with E-state index < -0.39 is 0 Å². The lowest BCUT2D eigenvalue weighted by Crippen LogP contribution is -2.31. The van der Waals surface area contributed by atoms with E-state index >= 15 is 0 Å². The summed E-state index contributed by atoms with van der Waals surface area (Å²) >= 11 is 6.30. The molecule has 5 heteroatoms. The molecule has 0 N–H and O–H groups in total. The molecule has 2 heterocycles. The average Bonchev–Trinajstić information content (AvgIpc) is 3.11. The van der Waals surface area contributed by atoms with Gasteiger partial charge in [-0.1, -0.05) is 48.8 Å². The first-order valence-electron chi connectivity index (χ1n) is 8.40. The SMILES string of the molecule is CC(C)Cc1nc(CN2CCC[C@@H]2Cc2ccccc2Cl)no1. The molecule has 1 saturated heterocycles. The van der Waals surface area contributed by atoms with Crippen molar-refractivity contribution in [1.29, 1.82) is 0 Å². The van der Waals surface area contributed by atoms with Gasteiger partial charge in [0, 0.05) is 17.5 Å². The first-order chi connectivity index (χ1) is 11.1. The molecule has 0 saturated carbocycles. The molecule has 1 aliphatic rings. The molecule has 23 heavy (non-hydrogen) atoms. The fourth-order valence-electron chi connectivity index (χ4n) is 3.22. The van der Waals surface area contributed by atoms with Gasteiger partial charge in [-0.2, -0.15) is 4.98 Å². The molecule has 0 radical (unpaired) electrons. The first kappa shape index (κ1) is 16.5. The Bertz CT molecular complexity index is 641. The van der Waals surface area contributed by atoms with Gasteiger partial charge >= 0.3 is 0 Å². The minimum Gasteiger partial charge on any atom is -0.339 e. The number of aromatic nitrogens is 2. The number of hydrogen-bond donors (Lipinski definition) is 0. The molecule has 1 aliphatic heterocycles. The van der Waals surface area contributed by atoms with E-state index in [0.717, 1.165) is 42.7 Å². The quantitative estimate of drug-likeness (QED) is 0.797. The van der Waals surface area contributed by atoms with Crippen LogP contribution in [0.25, 0.3) is 0 Å². The first-order valence-corrected chi connectivity index (χ1v) is 8.78. The van der Waals surface area contributed by atoms with Crippen LogP contribution in [0.2, 0.25) is 5.02 Å². The van der Waals surface area contributed by atoms with Gasteiger partial charge in [-0.15, -0.1) is 0 Å². The van der Waals surface area contributed by atoms with Crippen molar-refractivity contribution in [1.82, 2.24) is 15.0 Å². The Hall–Kier alpha value is -1.39. The van der Waals surface area contributed by atoms with Crippen LogP contribution in [0.1, 0.15) is 44.0 Å². The molecule has 0 aliphatic carbocycles. The highest BCUT2D eigenvalue weighted by atomic mass is 35.5. The number of rotatable bonds is 6. The predicted octanol–water partition coefficient (Wildman–Crippen LogP) is 4.13. The number of hydrogen-bond acceptors (Lipinski definition) is 4. The molecule has 1 fully saturated rings. The zero-order valence-electron chi connectivity index (χ0n) is 13.8. The normalized spacial score (nSPS) is 18.9. The molecule has 0 bridgehead atoms. The minimum absolute atomic E-state index is 0.502. The number of likely N-dealkylation sites (tertiary alicyclic amines) is 1. The molecular formula is C18H24ClN3O. The molecule has 1 atom stereocenters.